The van der Waals surface area contributed by atoms with E-state index in [-0.39, 0.29) is 27.6 Å². The summed E-state index contributed by atoms with van der Waals surface area (Å²) >= 11 is 12.2. The van der Waals surface area contributed by atoms with Gasteiger partial charge in [-0.15, -0.1) is 0 Å². The highest BCUT2D eigenvalue weighted by Gasteiger charge is 2.18. The summed E-state index contributed by atoms with van der Waals surface area (Å²) in [6, 6.07) is 8.28. The number of aromatic nitrogens is 2. The number of hydrazine groups is 1. The van der Waals surface area contributed by atoms with E-state index < -0.39 is 11.4 Å². The fraction of sp³-hybridized carbons (Fsp3) is 0. The molecular weight excluding hydrogens is 380 g/mol. The summed E-state index contributed by atoms with van der Waals surface area (Å²) in [7, 11) is 0. The van der Waals surface area contributed by atoms with Crippen LogP contribution in [0.25, 0.3) is 16.6 Å². The molecule has 2 N–H and O–H groups in total. The molecule has 2 aromatic carbocycles. The van der Waals surface area contributed by atoms with E-state index in [0.29, 0.717) is 5.02 Å². The van der Waals surface area contributed by atoms with Crippen molar-refractivity contribution in [3.05, 3.63) is 75.4 Å². The molecule has 0 unspecified atom stereocenters. The van der Waals surface area contributed by atoms with Crippen LogP contribution in [0.15, 0.2) is 59.0 Å². The smallest absolute Gasteiger partial charge is 0.267 e. The lowest BCUT2D eigenvalue weighted by atomic mass is 10.2. The van der Waals surface area contributed by atoms with Crippen LogP contribution >= 0.6 is 23.2 Å². The van der Waals surface area contributed by atoms with Gasteiger partial charge in [-0.05, 0) is 36.4 Å². The van der Waals surface area contributed by atoms with Crippen LogP contribution in [0.1, 0.15) is 0 Å². The van der Waals surface area contributed by atoms with Crippen LogP contribution in [-0.2, 0) is 0 Å². The van der Waals surface area contributed by atoms with Crippen molar-refractivity contribution in [3.8, 4) is 5.69 Å². The zero-order chi connectivity index (χ0) is 18.8. The Morgan fingerprint density at radius 3 is 2.73 bits per heavy atom. The number of aliphatic imine (C=N–C) groups is 1. The van der Waals surface area contributed by atoms with Crippen LogP contribution in [0.5, 0.6) is 0 Å². The van der Waals surface area contributed by atoms with E-state index in [9.17, 15) is 9.18 Å². The quantitative estimate of drug-likeness (QED) is 0.318. The second-order valence-electron chi connectivity index (χ2n) is 5.16. The fourth-order valence-electron chi connectivity index (χ4n) is 2.37. The van der Waals surface area contributed by atoms with E-state index in [1.54, 1.807) is 12.1 Å². The standard InChI is InChI=1S/C17H12Cl2FN5O/c1-2-22-9-24(21)17-23-14-5-4-11(20)8-12(14)16(26)25(17)15-6-3-10(18)7-13(15)19/h2-9H,1,21H2/b22-9-. The molecule has 1 heterocycles. The normalized spacial score (nSPS) is 11.2. The molecule has 0 saturated carbocycles. The molecular formula is C17H12Cl2FN5O. The zero-order valence-electron chi connectivity index (χ0n) is 13.2. The topological polar surface area (TPSA) is 76.5 Å². The van der Waals surface area contributed by atoms with Crippen LogP contribution in [0.4, 0.5) is 10.3 Å². The van der Waals surface area contributed by atoms with E-state index in [0.717, 1.165) is 15.6 Å². The summed E-state index contributed by atoms with van der Waals surface area (Å²) in [5, 5.41) is 1.71. The highest BCUT2D eigenvalue weighted by atomic mass is 35.5. The Hall–Kier alpha value is -2.74. The van der Waals surface area contributed by atoms with Gasteiger partial charge >= 0.3 is 0 Å². The summed E-state index contributed by atoms with van der Waals surface area (Å²) in [4.78, 5) is 21.2. The number of anilines is 1. The number of hydrogen-bond acceptors (Lipinski definition) is 4. The maximum absolute atomic E-state index is 13.6. The Labute approximate surface area is 157 Å². The van der Waals surface area contributed by atoms with E-state index in [4.69, 9.17) is 29.0 Å². The number of benzene rings is 2. The summed E-state index contributed by atoms with van der Waals surface area (Å²) in [5.41, 5.74) is 0.0172. The minimum Gasteiger partial charge on any atom is -0.268 e. The molecule has 3 aromatic rings. The van der Waals surface area contributed by atoms with Crippen molar-refractivity contribution >= 4 is 46.4 Å². The molecule has 0 atom stereocenters. The number of nitrogens with two attached hydrogens (primary N) is 1. The predicted molar refractivity (Wildman–Crippen MR) is 103 cm³/mol. The molecule has 9 heteroatoms. The van der Waals surface area contributed by atoms with E-state index >= 15 is 0 Å². The third-order valence-corrected chi connectivity index (χ3v) is 4.03. The molecule has 26 heavy (non-hydrogen) atoms. The van der Waals surface area contributed by atoms with Crippen LogP contribution in [0.2, 0.25) is 10.0 Å². The monoisotopic (exact) mass is 391 g/mol. The largest absolute Gasteiger partial charge is 0.268 e. The average molecular weight is 392 g/mol. The van der Waals surface area contributed by atoms with Crippen LogP contribution in [0.3, 0.4) is 0 Å². The molecule has 0 spiro atoms. The van der Waals surface area contributed by atoms with Crippen molar-refractivity contribution < 1.29 is 4.39 Å². The summed E-state index contributed by atoms with van der Waals surface area (Å²) < 4.78 is 14.8. The molecule has 3 rings (SSSR count). The minimum absolute atomic E-state index is 0.0314. The van der Waals surface area contributed by atoms with E-state index in [2.05, 4.69) is 16.6 Å². The van der Waals surface area contributed by atoms with Gasteiger partial charge in [-0.1, -0.05) is 29.8 Å². The third-order valence-electron chi connectivity index (χ3n) is 3.49. The van der Waals surface area contributed by atoms with Crippen molar-refractivity contribution in [2.24, 2.45) is 10.8 Å². The van der Waals surface area contributed by atoms with Crippen molar-refractivity contribution in [2.45, 2.75) is 0 Å². The van der Waals surface area contributed by atoms with Crippen molar-refractivity contribution in [1.29, 1.82) is 0 Å². The Balaban J connectivity index is 2.40. The van der Waals surface area contributed by atoms with Crippen LogP contribution < -0.4 is 16.4 Å². The lowest BCUT2D eigenvalue weighted by Crippen LogP contribution is -2.36. The Morgan fingerprint density at radius 2 is 2.04 bits per heavy atom. The van der Waals surface area contributed by atoms with Gasteiger partial charge in [0.1, 0.15) is 12.2 Å². The number of halogens is 3. The highest BCUT2D eigenvalue weighted by Crippen LogP contribution is 2.26. The first-order valence-electron chi connectivity index (χ1n) is 7.28. The van der Waals surface area contributed by atoms with Gasteiger partial charge in [0.15, 0.2) is 0 Å². The first-order valence-corrected chi connectivity index (χ1v) is 8.04. The Bertz CT molecular complexity index is 1100. The van der Waals surface area contributed by atoms with Gasteiger partial charge in [-0.25, -0.2) is 29.8 Å². The lowest BCUT2D eigenvalue weighted by Gasteiger charge is -2.19. The van der Waals surface area contributed by atoms with Gasteiger partial charge in [0.2, 0.25) is 5.95 Å². The summed E-state index contributed by atoms with van der Waals surface area (Å²) in [5.74, 6) is 5.43. The Morgan fingerprint density at radius 1 is 1.27 bits per heavy atom. The van der Waals surface area contributed by atoms with Crippen LogP contribution in [-0.4, -0.2) is 15.9 Å². The molecule has 6 nitrogen and oxygen atoms in total. The number of rotatable bonds is 4. The molecule has 0 amide bonds. The molecule has 0 radical (unpaired) electrons. The van der Waals surface area contributed by atoms with E-state index in [1.807, 2.05) is 0 Å². The summed E-state index contributed by atoms with van der Waals surface area (Å²) in [6.07, 6.45) is 2.50. The van der Waals surface area contributed by atoms with Gasteiger partial charge in [0, 0.05) is 11.2 Å². The first kappa shape index (κ1) is 18.1. The molecule has 0 fully saturated rings. The average Bonchev–Trinajstić information content (AvgIpc) is 2.61. The second-order valence-corrected chi connectivity index (χ2v) is 6.01. The predicted octanol–water partition coefficient (Wildman–Crippen LogP) is 3.68. The zero-order valence-corrected chi connectivity index (χ0v) is 14.7. The summed E-state index contributed by atoms with van der Waals surface area (Å²) in [6.45, 7) is 3.46. The minimum atomic E-state index is -0.560. The lowest BCUT2D eigenvalue weighted by molar-refractivity contribution is 0.629. The van der Waals surface area contributed by atoms with Gasteiger partial charge in [-0.3, -0.25) is 4.79 Å². The van der Waals surface area contributed by atoms with Gasteiger partial charge in [-0.2, -0.15) is 0 Å². The SMILES string of the molecule is C=C/N=C\N(N)c1nc2ccc(F)cc2c(=O)n1-c1ccc(Cl)cc1Cl. The first-order chi connectivity index (χ1) is 12.4. The fourth-order valence-corrected chi connectivity index (χ4v) is 2.86. The van der Waals surface area contributed by atoms with Crippen LogP contribution in [0, 0.1) is 5.82 Å². The maximum Gasteiger partial charge on any atom is 0.267 e. The molecule has 1 aromatic heterocycles. The molecule has 0 bridgehead atoms. The van der Waals surface area contributed by atoms with E-state index in [1.165, 1.54) is 30.7 Å². The van der Waals surface area contributed by atoms with Crippen molar-refractivity contribution in [3.63, 3.8) is 0 Å². The molecule has 0 aliphatic rings. The molecule has 0 saturated heterocycles. The molecule has 0 aliphatic heterocycles. The maximum atomic E-state index is 13.6. The van der Waals surface area contributed by atoms with Crippen molar-refractivity contribution in [1.82, 2.24) is 9.55 Å². The molecule has 132 valence electrons. The highest BCUT2D eigenvalue weighted by molar-refractivity contribution is 6.35. The second kappa shape index (κ2) is 7.25. The molecule has 0 aliphatic carbocycles. The number of fused-ring (bicyclic) bond motifs is 1. The number of nitrogens with zero attached hydrogens (tertiary/aromatic N) is 4. The van der Waals surface area contributed by atoms with Gasteiger partial charge in [0.05, 0.1) is 21.6 Å². The third kappa shape index (κ3) is 3.32. The van der Waals surface area contributed by atoms with Crippen molar-refractivity contribution in [2.75, 3.05) is 5.01 Å². The van der Waals surface area contributed by atoms with Gasteiger partial charge in [0.25, 0.3) is 5.56 Å². The Kier molecular flexibility index (Phi) is 5.03. The number of hydrogen-bond donors (Lipinski definition) is 1. The van der Waals surface area contributed by atoms with Gasteiger partial charge < -0.3 is 0 Å².